The van der Waals surface area contributed by atoms with Crippen molar-refractivity contribution in [3.8, 4) is 17.2 Å². The van der Waals surface area contributed by atoms with Crippen LogP contribution >= 0.6 is 23.4 Å². The minimum Gasteiger partial charge on any atom is -0.497 e. The molecule has 2 atom stereocenters. The summed E-state index contributed by atoms with van der Waals surface area (Å²) in [5, 5.41) is 19.3. The largest absolute Gasteiger partial charge is 0.497 e. The second-order valence-corrected chi connectivity index (χ2v) is 7.50. The average molecular weight is 421 g/mol. The molecule has 0 saturated heterocycles. The van der Waals surface area contributed by atoms with Gasteiger partial charge >= 0.3 is 0 Å². The average Bonchev–Trinajstić information content (AvgIpc) is 3.20. The van der Waals surface area contributed by atoms with Crippen molar-refractivity contribution in [3.63, 3.8) is 0 Å². The van der Waals surface area contributed by atoms with E-state index in [4.69, 9.17) is 25.5 Å². The van der Waals surface area contributed by atoms with Crippen LogP contribution in [0.4, 0.5) is 0 Å². The van der Waals surface area contributed by atoms with Gasteiger partial charge in [0.05, 0.1) is 25.9 Å². The summed E-state index contributed by atoms with van der Waals surface area (Å²) in [5.74, 6) is 1.57. The van der Waals surface area contributed by atoms with E-state index < -0.39 is 6.10 Å². The zero-order valence-electron chi connectivity index (χ0n) is 15.5. The highest BCUT2D eigenvalue weighted by molar-refractivity contribution is 7.99. The molecule has 0 aliphatic heterocycles. The molecule has 0 bridgehead atoms. The number of aromatic nitrogens is 2. The van der Waals surface area contributed by atoms with Crippen molar-refractivity contribution in [3.05, 3.63) is 59.1 Å². The van der Waals surface area contributed by atoms with Crippen LogP contribution in [0.3, 0.4) is 0 Å². The summed E-state index contributed by atoms with van der Waals surface area (Å²) >= 11 is 7.18. The summed E-state index contributed by atoms with van der Waals surface area (Å²) in [4.78, 5) is 0. The number of ether oxygens (including phenoxy) is 2. The third-order valence-electron chi connectivity index (χ3n) is 4.02. The molecule has 1 heterocycles. The minimum atomic E-state index is -0.656. The summed E-state index contributed by atoms with van der Waals surface area (Å²) in [6.07, 6.45) is -0.793. The smallest absolute Gasteiger partial charge is 0.276 e. The molecule has 1 aromatic heterocycles. The van der Waals surface area contributed by atoms with Crippen LogP contribution in [0.1, 0.15) is 18.6 Å². The Kier molecular flexibility index (Phi) is 7.33. The van der Waals surface area contributed by atoms with Crippen LogP contribution in [-0.2, 0) is 4.74 Å². The van der Waals surface area contributed by atoms with Crippen LogP contribution < -0.4 is 4.74 Å². The van der Waals surface area contributed by atoms with Crippen LogP contribution in [-0.4, -0.2) is 40.9 Å². The van der Waals surface area contributed by atoms with Gasteiger partial charge in [-0.25, -0.2) is 0 Å². The van der Waals surface area contributed by atoms with E-state index in [0.717, 1.165) is 16.9 Å². The molecule has 0 unspecified atom stereocenters. The highest BCUT2D eigenvalue weighted by Crippen LogP contribution is 2.25. The monoisotopic (exact) mass is 420 g/mol. The molecular weight excluding hydrogens is 400 g/mol. The van der Waals surface area contributed by atoms with Gasteiger partial charge in [-0.2, -0.15) is 0 Å². The van der Waals surface area contributed by atoms with Crippen LogP contribution in [0.15, 0.2) is 58.2 Å². The quantitative estimate of drug-likeness (QED) is 0.505. The summed E-state index contributed by atoms with van der Waals surface area (Å²) < 4.78 is 16.5. The van der Waals surface area contributed by atoms with Gasteiger partial charge in [0, 0.05) is 16.3 Å². The molecule has 3 rings (SSSR count). The van der Waals surface area contributed by atoms with Crippen molar-refractivity contribution in [2.75, 3.05) is 19.5 Å². The second-order valence-electron chi connectivity index (χ2n) is 6.09. The third kappa shape index (κ3) is 5.72. The number of halogens is 1. The number of rotatable bonds is 9. The molecule has 0 fully saturated rings. The maximum atomic E-state index is 10.2. The van der Waals surface area contributed by atoms with Crippen LogP contribution in [0.25, 0.3) is 11.5 Å². The van der Waals surface area contributed by atoms with Gasteiger partial charge in [0.1, 0.15) is 5.75 Å². The van der Waals surface area contributed by atoms with Crippen molar-refractivity contribution in [1.29, 1.82) is 0 Å². The third-order valence-corrected chi connectivity index (χ3v) is 5.24. The molecule has 28 heavy (non-hydrogen) atoms. The SMILES string of the molecule is COc1ccc(-c2nnc(SC[C@@H](O)CO[C@@H](C)c3ccc(Cl)cc3)o2)cc1. The number of thioether (sulfide) groups is 1. The van der Waals surface area contributed by atoms with Gasteiger partial charge < -0.3 is 19.0 Å². The lowest BCUT2D eigenvalue weighted by molar-refractivity contribution is 0.00618. The maximum absolute atomic E-state index is 10.2. The van der Waals surface area contributed by atoms with E-state index in [1.54, 1.807) is 7.11 Å². The van der Waals surface area contributed by atoms with Gasteiger partial charge in [0.25, 0.3) is 5.22 Å². The molecule has 2 aromatic carbocycles. The van der Waals surface area contributed by atoms with Crippen molar-refractivity contribution in [2.24, 2.45) is 0 Å². The predicted molar refractivity (Wildman–Crippen MR) is 109 cm³/mol. The van der Waals surface area contributed by atoms with Crippen molar-refractivity contribution in [1.82, 2.24) is 10.2 Å². The lowest BCUT2D eigenvalue weighted by Gasteiger charge is -2.16. The summed E-state index contributed by atoms with van der Waals surface area (Å²) in [7, 11) is 1.61. The van der Waals surface area contributed by atoms with Gasteiger partial charge in [0.2, 0.25) is 5.89 Å². The van der Waals surface area contributed by atoms with Crippen LogP contribution in [0.5, 0.6) is 5.75 Å². The fourth-order valence-corrected chi connectivity index (χ4v) is 3.21. The Morgan fingerprint density at radius 1 is 1.11 bits per heavy atom. The van der Waals surface area contributed by atoms with Crippen molar-refractivity contribution < 1.29 is 19.0 Å². The first-order valence-electron chi connectivity index (χ1n) is 8.71. The van der Waals surface area contributed by atoms with Gasteiger partial charge in [-0.3, -0.25) is 0 Å². The van der Waals surface area contributed by atoms with E-state index in [-0.39, 0.29) is 12.7 Å². The maximum Gasteiger partial charge on any atom is 0.276 e. The molecule has 148 valence electrons. The molecule has 6 nitrogen and oxygen atoms in total. The summed E-state index contributed by atoms with van der Waals surface area (Å²) in [6.45, 7) is 2.14. The Bertz CT molecular complexity index is 871. The first-order valence-corrected chi connectivity index (χ1v) is 10.1. The molecule has 8 heteroatoms. The number of benzene rings is 2. The number of aliphatic hydroxyl groups is 1. The van der Waals surface area contributed by atoms with E-state index in [9.17, 15) is 5.11 Å². The zero-order chi connectivity index (χ0) is 19.9. The van der Waals surface area contributed by atoms with Crippen LogP contribution in [0.2, 0.25) is 5.02 Å². The van der Waals surface area contributed by atoms with Crippen molar-refractivity contribution >= 4 is 23.4 Å². The van der Waals surface area contributed by atoms with Gasteiger partial charge in [-0.05, 0) is 48.9 Å². The molecule has 0 spiro atoms. The van der Waals surface area contributed by atoms with E-state index in [1.807, 2.05) is 55.5 Å². The Labute approximate surface area is 172 Å². The van der Waals surface area contributed by atoms with Crippen molar-refractivity contribution in [2.45, 2.75) is 24.4 Å². The molecule has 0 aliphatic rings. The van der Waals surface area contributed by atoms with Gasteiger partial charge in [0.15, 0.2) is 0 Å². The molecule has 1 N–H and O–H groups in total. The molecule has 0 amide bonds. The number of methoxy groups -OCH3 is 1. The normalized spacial score (nSPS) is 13.3. The molecule has 0 radical (unpaired) electrons. The molecule has 0 saturated carbocycles. The number of hydrogen-bond acceptors (Lipinski definition) is 7. The summed E-state index contributed by atoms with van der Waals surface area (Å²) in [6, 6.07) is 14.8. The predicted octanol–water partition coefficient (Wildman–Crippen LogP) is 4.63. The van der Waals surface area contributed by atoms with Crippen LogP contribution in [0, 0.1) is 0 Å². The highest BCUT2D eigenvalue weighted by atomic mass is 35.5. The lowest BCUT2D eigenvalue weighted by atomic mass is 10.1. The topological polar surface area (TPSA) is 77.6 Å². The zero-order valence-corrected chi connectivity index (χ0v) is 17.1. The Balaban J connectivity index is 1.46. The Morgan fingerprint density at radius 3 is 2.50 bits per heavy atom. The first-order chi connectivity index (χ1) is 13.5. The number of hydrogen-bond donors (Lipinski definition) is 1. The molecule has 0 aliphatic carbocycles. The number of nitrogens with zero attached hydrogens (tertiary/aromatic N) is 2. The minimum absolute atomic E-state index is 0.137. The number of aliphatic hydroxyl groups excluding tert-OH is 1. The van der Waals surface area contributed by atoms with Gasteiger partial charge in [-0.1, -0.05) is 35.5 Å². The second kappa shape index (κ2) is 9.93. The van der Waals surface area contributed by atoms with E-state index >= 15 is 0 Å². The Hall–Kier alpha value is -2.06. The van der Waals surface area contributed by atoms with Gasteiger partial charge in [-0.15, -0.1) is 10.2 Å². The fourth-order valence-electron chi connectivity index (χ4n) is 2.42. The van der Waals surface area contributed by atoms with E-state index in [2.05, 4.69) is 10.2 Å². The lowest BCUT2D eigenvalue weighted by Crippen LogP contribution is -2.19. The van der Waals surface area contributed by atoms with E-state index in [0.29, 0.717) is 21.9 Å². The standard InChI is InChI=1S/C20H21ClN2O4S/c1-13(14-3-7-16(21)8-4-14)26-11-17(24)12-28-20-23-22-19(27-20)15-5-9-18(25-2)10-6-15/h3-10,13,17,24H,11-12H2,1-2H3/t13-,17-/m0/s1. The highest BCUT2D eigenvalue weighted by Gasteiger charge is 2.14. The molecular formula is C20H21ClN2O4S. The molecule has 3 aromatic rings. The fraction of sp³-hybridized carbons (Fsp3) is 0.300. The van der Waals surface area contributed by atoms with E-state index in [1.165, 1.54) is 11.8 Å². The first kappa shape index (κ1) is 20.7. The summed E-state index contributed by atoms with van der Waals surface area (Å²) in [5.41, 5.74) is 1.81. The Morgan fingerprint density at radius 2 is 1.82 bits per heavy atom.